The van der Waals surface area contributed by atoms with Crippen LogP contribution < -0.4 is 10.6 Å². The SMILES string of the molecule is C[C@H]1CC(F)(F)CN1C(=O)c1nc(C(=O)NCC(C)(C)O)sc1-c1cnc(NC2CCCCC2)cc1C(F)(F)F. The number of halogens is 5. The number of nitrogens with one attached hydrogen (secondary N) is 2. The maximum Gasteiger partial charge on any atom is 0.417 e. The Morgan fingerprint density at radius 1 is 1.20 bits per heavy atom. The monoisotopic (exact) mass is 589 g/mol. The third-order valence-corrected chi connectivity index (χ3v) is 7.99. The molecule has 1 saturated carbocycles. The first-order valence-corrected chi connectivity index (χ1v) is 13.9. The predicted molar refractivity (Wildman–Crippen MR) is 140 cm³/mol. The topological polar surface area (TPSA) is 107 Å². The number of alkyl halides is 5. The highest BCUT2D eigenvalue weighted by molar-refractivity contribution is 7.17. The minimum absolute atomic E-state index is 0.0156. The number of pyridine rings is 1. The van der Waals surface area contributed by atoms with E-state index in [1.54, 1.807) is 0 Å². The van der Waals surface area contributed by atoms with Gasteiger partial charge < -0.3 is 20.6 Å². The lowest BCUT2D eigenvalue weighted by atomic mass is 9.95. The molecule has 1 atom stereocenters. The number of aromatic nitrogens is 2. The molecule has 2 amide bonds. The van der Waals surface area contributed by atoms with Crippen LogP contribution in [0.4, 0.5) is 27.8 Å². The van der Waals surface area contributed by atoms with E-state index in [4.69, 9.17) is 0 Å². The number of rotatable bonds is 7. The molecule has 4 rings (SSSR count). The second-order valence-electron chi connectivity index (χ2n) is 11.1. The molecule has 0 unspecified atom stereocenters. The first-order valence-electron chi connectivity index (χ1n) is 13.1. The van der Waals surface area contributed by atoms with E-state index >= 15 is 0 Å². The van der Waals surface area contributed by atoms with E-state index < -0.39 is 65.3 Å². The van der Waals surface area contributed by atoms with Gasteiger partial charge in [0.2, 0.25) is 0 Å². The van der Waals surface area contributed by atoms with E-state index in [1.165, 1.54) is 20.8 Å². The van der Waals surface area contributed by atoms with Crippen molar-refractivity contribution < 1.29 is 36.6 Å². The molecule has 1 aliphatic heterocycles. The van der Waals surface area contributed by atoms with Crippen LogP contribution in [0.2, 0.25) is 0 Å². The van der Waals surface area contributed by atoms with Crippen LogP contribution in [0.15, 0.2) is 12.3 Å². The molecule has 2 aliphatic rings. The molecule has 0 spiro atoms. The largest absolute Gasteiger partial charge is 0.417 e. The fourth-order valence-corrected chi connectivity index (χ4v) is 5.94. The fourth-order valence-electron chi connectivity index (χ4n) is 4.94. The zero-order valence-corrected chi connectivity index (χ0v) is 23.2. The van der Waals surface area contributed by atoms with Gasteiger partial charge in [-0.05, 0) is 39.7 Å². The minimum atomic E-state index is -4.86. The molecule has 0 radical (unpaired) electrons. The van der Waals surface area contributed by atoms with Crippen molar-refractivity contribution in [3.05, 3.63) is 28.5 Å². The molecule has 0 aromatic carbocycles. The lowest BCUT2D eigenvalue weighted by Gasteiger charge is -2.24. The number of aliphatic hydroxyl groups is 1. The highest BCUT2D eigenvalue weighted by Crippen LogP contribution is 2.43. The Hall–Kier alpha value is -2.87. The van der Waals surface area contributed by atoms with Gasteiger partial charge in [0.15, 0.2) is 5.01 Å². The Morgan fingerprint density at radius 3 is 2.45 bits per heavy atom. The number of hydrogen-bond donors (Lipinski definition) is 3. The summed E-state index contributed by atoms with van der Waals surface area (Å²) in [7, 11) is 0. The van der Waals surface area contributed by atoms with Crippen LogP contribution in [0.1, 0.15) is 85.2 Å². The van der Waals surface area contributed by atoms with E-state index in [0.717, 1.165) is 49.3 Å². The van der Waals surface area contributed by atoms with E-state index in [9.17, 15) is 36.6 Å². The summed E-state index contributed by atoms with van der Waals surface area (Å²) in [6.45, 7) is 3.18. The first-order chi connectivity index (χ1) is 18.5. The van der Waals surface area contributed by atoms with Crippen molar-refractivity contribution in [1.29, 1.82) is 0 Å². The Bertz CT molecular complexity index is 1250. The van der Waals surface area contributed by atoms with Crippen molar-refractivity contribution in [2.75, 3.05) is 18.4 Å². The fraction of sp³-hybridized carbons (Fsp3) is 0.615. The van der Waals surface area contributed by atoms with Gasteiger partial charge in [0, 0.05) is 36.8 Å². The van der Waals surface area contributed by atoms with Crippen LogP contribution in [0.25, 0.3) is 10.4 Å². The number of carbonyl (C=O) groups is 2. The molecule has 1 aliphatic carbocycles. The summed E-state index contributed by atoms with van der Waals surface area (Å²) in [4.78, 5) is 35.0. The van der Waals surface area contributed by atoms with Crippen LogP contribution in [0.5, 0.6) is 0 Å². The van der Waals surface area contributed by atoms with Crippen LogP contribution >= 0.6 is 11.3 Å². The van der Waals surface area contributed by atoms with E-state index in [1.807, 2.05) is 0 Å². The van der Waals surface area contributed by atoms with Gasteiger partial charge in [-0.25, -0.2) is 18.7 Å². The van der Waals surface area contributed by atoms with Crippen molar-refractivity contribution in [3.63, 3.8) is 0 Å². The van der Waals surface area contributed by atoms with Crippen LogP contribution in [-0.4, -0.2) is 68.5 Å². The van der Waals surface area contributed by atoms with Gasteiger partial charge in [0.1, 0.15) is 11.5 Å². The molecule has 2 fully saturated rings. The van der Waals surface area contributed by atoms with Crippen molar-refractivity contribution in [1.82, 2.24) is 20.2 Å². The molecule has 40 heavy (non-hydrogen) atoms. The van der Waals surface area contributed by atoms with Crippen molar-refractivity contribution in [3.8, 4) is 10.4 Å². The molecule has 2 aromatic rings. The molecular weight excluding hydrogens is 557 g/mol. The highest BCUT2D eigenvalue weighted by atomic mass is 32.1. The summed E-state index contributed by atoms with van der Waals surface area (Å²) in [6, 6.07) is -0.0524. The normalized spacial score (nSPS) is 20.0. The molecule has 14 heteroatoms. The molecule has 220 valence electrons. The quantitative estimate of drug-likeness (QED) is 0.377. The van der Waals surface area contributed by atoms with Crippen LogP contribution in [0, 0.1) is 0 Å². The van der Waals surface area contributed by atoms with Gasteiger partial charge in [-0.1, -0.05) is 19.3 Å². The third kappa shape index (κ3) is 7.06. The Morgan fingerprint density at radius 2 is 1.88 bits per heavy atom. The number of nitrogens with zero attached hydrogens (tertiary/aromatic N) is 3. The number of likely N-dealkylation sites (tertiary alicyclic amines) is 1. The van der Waals surface area contributed by atoms with Gasteiger partial charge in [0.25, 0.3) is 17.7 Å². The summed E-state index contributed by atoms with van der Waals surface area (Å²) in [6.07, 6.45) is 0.102. The van der Waals surface area contributed by atoms with E-state index in [0.29, 0.717) is 11.3 Å². The minimum Gasteiger partial charge on any atom is -0.389 e. The van der Waals surface area contributed by atoms with Gasteiger partial charge >= 0.3 is 6.18 Å². The highest BCUT2D eigenvalue weighted by Gasteiger charge is 2.46. The van der Waals surface area contributed by atoms with Crippen LogP contribution in [-0.2, 0) is 6.18 Å². The van der Waals surface area contributed by atoms with Gasteiger partial charge in [-0.15, -0.1) is 11.3 Å². The summed E-state index contributed by atoms with van der Waals surface area (Å²) in [5, 5.41) is 15.1. The Kier molecular flexibility index (Phi) is 8.42. The second-order valence-corrected chi connectivity index (χ2v) is 12.1. The number of hydrogen-bond acceptors (Lipinski definition) is 7. The number of thiazole rings is 1. The maximum absolute atomic E-state index is 14.3. The van der Waals surface area contributed by atoms with Crippen molar-refractivity contribution in [2.24, 2.45) is 0 Å². The van der Waals surface area contributed by atoms with Crippen molar-refractivity contribution in [2.45, 2.75) is 89.1 Å². The number of amides is 2. The Balaban J connectivity index is 1.77. The molecule has 3 N–H and O–H groups in total. The summed E-state index contributed by atoms with van der Waals surface area (Å²) in [5.41, 5.74) is -3.41. The maximum atomic E-state index is 14.3. The zero-order valence-electron chi connectivity index (χ0n) is 22.4. The standard InChI is InChI=1S/C26H32F5N5O3S/c1-14-10-25(27,28)13-36(14)23(38)19-20(40-22(35-19)21(37)33-12-24(2,3)39)16-11-32-18(9-17(16)26(29,30)31)34-15-7-5-4-6-8-15/h9,11,14-15,39H,4-8,10,12-13H2,1-3H3,(H,32,34)(H,33,37)/t14-/m0/s1. The van der Waals surface area contributed by atoms with Gasteiger partial charge in [-0.3, -0.25) is 9.59 Å². The molecule has 3 heterocycles. The van der Waals surface area contributed by atoms with Gasteiger partial charge in [0.05, 0.1) is 22.6 Å². The average Bonchev–Trinajstić information content (AvgIpc) is 3.42. The molecule has 0 bridgehead atoms. The zero-order chi connectivity index (χ0) is 29.5. The average molecular weight is 590 g/mol. The lowest BCUT2D eigenvalue weighted by Crippen LogP contribution is -2.38. The van der Waals surface area contributed by atoms with E-state index in [2.05, 4.69) is 20.6 Å². The van der Waals surface area contributed by atoms with Crippen molar-refractivity contribution >= 4 is 29.0 Å². The third-order valence-electron chi connectivity index (χ3n) is 6.91. The Labute approximate surface area is 232 Å². The van der Waals surface area contributed by atoms with Crippen LogP contribution in [0.3, 0.4) is 0 Å². The predicted octanol–water partition coefficient (Wildman–Crippen LogP) is 5.34. The lowest BCUT2D eigenvalue weighted by molar-refractivity contribution is -0.137. The van der Waals surface area contributed by atoms with Gasteiger partial charge in [-0.2, -0.15) is 13.2 Å². The molecule has 8 nitrogen and oxygen atoms in total. The molecule has 2 aromatic heterocycles. The first kappa shape index (κ1) is 30.1. The number of carbonyl (C=O) groups excluding carboxylic acids is 2. The summed E-state index contributed by atoms with van der Waals surface area (Å²) in [5.74, 6) is -4.97. The summed E-state index contributed by atoms with van der Waals surface area (Å²) < 4.78 is 71.2. The summed E-state index contributed by atoms with van der Waals surface area (Å²) >= 11 is 0.531. The number of anilines is 1. The molecule has 1 saturated heterocycles. The molecular formula is C26H32F5N5O3S. The second kappa shape index (κ2) is 11.2. The smallest absolute Gasteiger partial charge is 0.389 e. The van der Waals surface area contributed by atoms with E-state index in [-0.39, 0.29) is 28.3 Å².